The van der Waals surface area contributed by atoms with Crippen LogP contribution in [0.2, 0.25) is 0 Å². The number of rotatable bonds is 4. The van der Waals surface area contributed by atoms with Crippen LogP contribution in [0.5, 0.6) is 0 Å². The standard InChI is InChI=1S/C13H22N2O/c1-15-8-4-6-12(15)10-14-9-11-5-2-3-7-13(11)16/h4,6,8,11,13-14,16H,2-3,5,7,9-10H2,1H3. The predicted molar refractivity (Wildman–Crippen MR) is 65.1 cm³/mol. The van der Waals surface area contributed by atoms with Crippen LogP contribution < -0.4 is 5.32 Å². The highest BCUT2D eigenvalue weighted by molar-refractivity contribution is 5.05. The van der Waals surface area contributed by atoms with Crippen LogP contribution >= 0.6 is 0 Å². The summed E-state index contributed by atoms with van der Waals surface area (Å²) >= 11 is 0. The fourth-order valence-corrected chi connectivity index (χ4v) is 2.49. The molecule has 90 valence electrons. The first-order valence-electron chi connectivity index (χ1n) is 6.26. The minimum Gasteiger partial charge on any atom is -0.393 e. The summed E-state index contributed by atoms with van der Waals surface area (Å²) in [6, 6.07) is 4.19. The molecule has 0 bridgehead atoms. The third kappa shape index (κ3) is 2.86. The van der Waals surface area contributed by atoms with E-state index < -0.39 is 0 Å². The molecule has 0 aliphatic heterocycles. The molecule has 1 aliphatic carbocycles. The molecule has 2 rings (SSSR count). The van der Waals surface area contributed by atoms with Crippen LogP contribution in [0, 0.1) is 5.92 Å². The molecule has 2 N–H and O–H groups in total. The summed E-state index contributed by atoms with van der Waals surface area (Å²) in [7, 11) is 2.06. The number of nitrogens with zero attached hydrogens (tertiary/aromatic N) is 1. The fourth-order valence-electron chi connectivity index (χ4n) is 2.49. The quantitative estimate of drug-likeness (QED) is 0.813. The fraction of sp³-hybridized carbons (Fsp3) is 0.692. The van der Waals surface area contributed by atoms with Crippen molar-refractivity contribution in [1.29, 1.82) is 0 Å². The highest BCUT2D eigenvalue weighted by Crippen LogP contribution is 2.23. The van der Waals surface area contributed by atoms with E-state index in [4.69, 9.17) is 0 Å². The second kappa shape index (κ2) is 5.51. The second-order valence-corrected chi connectivity index (χ2v) is 4.85. The SMILES string of the molecule is Cn1cccc1CNCC1CCCCC1O. The maximum atomic E-state index is 9.84. The Labute approximate surface area is 97.5 Å². The van der Waals surface area contributed by atoms with Gasteiger partial charge in [-0.3, -0.25) is 0 Å². The van der Waals surface area contributed by atoms with E-state index in [0.29, 0.717) is 5.92 Å². The maximum absolute atomic E-state index is 9.84. The van der Waals surface area contributed by atoms with Crippen LogP contribution in [0.4, 0.5) is 0 Å². The molecule has 0 spiro atoms. The van der Waals surface area contributed by atoms with Gasteiger partial charge in [0.05, 0.1) is 6.10 Å². The summed E-state index contributed by atoms with van der Waals surface area (Å²) in [6.07, 6.45) is 6.59. The molecular weight excluding hydrogens is 200 g/mol. The highest BCUT2D eigenvalue weighted by atomic mass is 16.3. The molecular formula is C13H22N2O. The number of aliphatic hydroxyl groups excluding tert-OH is 1. The van der Waals surface area contributed by atoms with Gasteiger partial charge in [-0.2, -0.15) is 0 Å². The van der Waals surface area contributed by atoms with E-state index in [9.17, 15) is 5.11 Å². The molecule has 16 heavy (non-hydrogen) atoms. The Bertz CT molecular complexity index is 321. The van der Waals surface area contributed by atoms with Gasteiger partial charge in [-0.15, -0.1) is 0 Å². The molecule has 0 aromatic carbocycles. The Hall–Kier alpha value is -0.800. The predicted octanol–water partition coefficient (Wildman–Crippen LogP) is 1.67. The molecule has 3 nitrogen and oxygen atoms in total. The zero-order valence-electron chi connectivity index (χ0n) is 10.0. The number of aromatic nitrogens is 1. The molecule has 0 radical (unpaired) electrons. The summed E-state index contributed by atoms with van der Waals surface area (Å²) in [4.78, 5) is 0. The van der Waals surface area contributed by atoms with Crippen LogP contribution in [-0.2, 0) is 13.6 Å². The first kappa shape index (κ1) is 11.7. The molecule has 2 atom stereocenters. The first-order valence-corrected chi connectivity index (χ1v) is 6.26. The van der Waals surface area contributed by atoms with E-state index in [2.05, 4.69) is 35.3 Å². The lowest BCUT2D eigenvalue weighted by Crippen LogP contribution is -2.33. The van der Waals surface area contributed by atoms with E-state index in [0.717, 1.165) is 19.5 Å². The molecule has 1 fully saturated rings. The van der Waals surface area contributed by atoms with Crippen molar-refractivity contribution < 1.29 is 5.11 Å². The minimum atomic E-state index is -0.0883. The average Bonchev–Trinajstić information content (AvgIpc) is 2.67. The smallest absolute Gasteiger partial charge is 0.0580 e. The number of hydrogen-bond acceptors (Lipinski definition) is 2. The Morgan fingerprint density at radius 1 is 1.44 bits per heavy atom. The van der Waals surface area contributed by atoms with Crippen molar-refractivity contribution in [2.75, 3.05) is 6.54 Å². The van der Waals surface area contributed by atoms with Gasteiger partial charge in [0, 0.05) is 32.0 Å². The Kier molecular flexibility index (Phi) is 4.02. The van der Waals surface area contributed by atoms with Crippen LogP contribution in [0.25, 0.3) is 0 Å². The molecule has 3 heteroatoms. The van der Waals surface area contributed by atoms with Gasteiger partial charge >= 0.3 is 0 Å². The molecule has 2 unspecified atom stereocenters. The monoisotopic (exact) mass is 222 g/mol. The summed E-state index contributed by atoms with van der Waals surface area (Å²) in [5.74, 6) is 0.453. The topological polar surface area (TPSA) is 37.2 Å². The van der Waals surface area contributed by atoms with Gasteiger partial charge in [-0.05, 0) is 30.9 Å². The zero-order valence-corrected chi connectivity index (χ0v) is 10.0. The molecule has 1 heterocycles. The van der Waals surface area contributed by atoms with E-state index in [1.165, 1.54) is 25.0 Å². The van der Waals surface area contributed by atoms with Gasteiger partial charge in [-0.25, -0.2) is 0 Å². The van der Waals surface area contributed by atoms with Crippen LogP contribution in [0.15, 0.2) is 18.3 Å². The molecule has 1 aromatic heterocycles. The molecule has 1 saturated carbocycles. The first-order chi connectivity index (χ1) is 7.77. The van der Waals surface area contributed by atoms with Crippen molar-refractivity contribution in [2.45, 2.75) is 38.3 Å². The number of hydrogen-bond donors (Lipinski definition) is 2. The lowest BCUT2D eigenvalue weighted by molar-refractivity contribution is 0.0694. The van der Waals surface area contributed by atoms with Gasteiger partial charge in [0.1, 0.15) is 0 Å². The number of aliphatic hydroxyl groups is 1. The van der Waals surface area contributed by atoms with Crippen LogP contribution in [0.3, 0.4) is 0 Å². The number of aryl methyl sites for hydroxylation is 1. The van der Waals surface area contributed by atoms with Crippen molar-refractivity contribution >= 4 is 0 Å². The second-order valence-electron chi connectivity index (χ2n) is 4.85. The van der Waals surface area contributed by atoms with Gasteiger partial charge in [0.2, 0.25) is 0 Å². The van der Waals surface area contributed by atoms with Crippen LogP contribution in [-0.4, -0.2) is 22.3 Å². The Morgan fingerprint density at radius 3 is 2.94 bits per heavy atom. The maximum Gasteiger partial charge on any atom is 0.0580 e. The van der Waals surface area contributed by atoms with Crippen LogP contribution in [0.1, 0.15) is 31.4 Å². The van der Waals surface area contributed by atoms with Gasteiger partial charge < -0.3 is 15.0 Å². The van der Waals surface area contributed by atoms with E-state index in [-0.39, 0.29) is 6.10 Å². The largest absolute Gasteiger partial charge is 0.393 e. The molecule has 1 aliphatic rings. The van der Waals surface area contributed by atoms with Crippen molar-refractivity contribution in [3.8, 4) is 0 Å². The number of nitrogens with one attached hydrogen (secondary N) is 1. The third-order valence-electron chi connectivity index (χ3n) is 3.63. The van der Waals surface area contributed by atoms with Crippen molar-refractivity contribution in [2.24, 2.45) is 13.0 Å². The van der Waals surface area contributed by atoms with Crippen molar-refractivity contribution in [1.82, 2.24) is 9.88 Å². The van der Waals surface area contributed by atoms with E-state index in [1.807, 2.05) is 0 Å². The van der Waals surface area contributed by atoms with Gasteiger partial charge in [0.25, 0.3) is 0 Å². The average molecular weight is 222 g/mol. The lowest BCUT2D eigenvalue weighted by atomic mass is 9.86. The van der Waals surface area contributed by atoms with Crippen molar-refractivity contribution in [3.05, 3.63) is 24.0 Å². The van der Waals surface area contributed by atoms with E-state index >= 15 is 0 Å². The van der Waals surface area contributed by atoms with Gasteiger partial charge in [0.15, 0.2) is 0 Å². The highest BCUT2D eigenvalue weighted by Gasteiger charge is 2.22. The summed E-state index contributed by atoms with van der Waals surface area (Å²) in [6.45, 7) is 1.83. The Balaban J connectivity index is 1.73. The van der Waals surface area contributed by atoms with Crippen molar-refractivity contribution in [3.63, 3.8) is 0 Å². The summed E-state index contributed by atoms with van der Waals surface area (Å²) in [5.41, 5.74) is 1.30. The molecule has 1 aromatic rings. The third-order valence-corrected chi connectivity index (χ3v) is 3.63. The summed E-state index contributed by atoms with van der Waals surface area (Å²) in [5, 5.41) is 13.3. The lowest BCUT2D eigenvalue weighted by Gasteiger charge is -2.27. The molecule has 0 amide bonds. The molecule has 0 saturated heterocycles. The Morgan fingerprint density at radius 2 is 2.25 bits per heavy atom. The zero-order chi connectivity index (χ0) is 11.4. The summed E-state index contributed by atoms with van der Waals surface area (Å²) < 4.78 is 2.13. The minimum absolute atomic E-state index is 0.0883. The normalized spacial score (nSPS) is 25.9. The van der Waals surface area contributed by atoms with Gasteiger partial charge in [-0.1, -0.05) is 12.8 Å². The van der Waals surface area contributed by atoms with E-state index in [1.54, 1.807) is 0 Å².